The van der Waals surface area contributed by atoms with Gasteiger partial charge in [0.1, 0.15) is 12.4 Å². The summed E-state index contributed by atoms with van der Waals surface area (Å²) < 4.78 is 5.94. The van der Waals surface area contributed by atoms with Gasteiger partial charge in [0.05, 0.1) is 5.69 Å². The molecule has 0 aliphatic heterocycles. The van der Waals surface area contributed by atoms with Gasteiger partial charge in [-0.05, 0) is 62.1 Å². The summed E-state index contributed by atoms with van der Waals surface area (Å²) in [5.74, 6) is 0.863. The maximum absolute atomic E-state index is 10.5. The first-order valence-corrected chi connectivity index (χ1v) is 6.90. The van der Waals surface area contributed by atoms with Gasteiger partial charge in [0.25, 0.3) is 0 Å². The number of ether oxygens (including phenoxy) is 1. The van der Waals surface area contributed by atoms with Gasteiger partial charge in [-0.25, -0.2) is 4.79 Å². The molecule has 3 heteroatoms. The highest BCUT2D eigenvalue weighted by atomic mass is 16.5. The number of carbonyl (C=O) groups excluding carboxylic acids is 1. The molecule has 2 aromatic carbocycles. The summed E-state index contributed by atoms with van der Waals surface area (Å²) in [4.78, 5) is 14.3. The van der Waals surface area contributed by atoms with Crippen molar-refractivity contribution in [3.63, 3.8) is 0 Å². The zero-order valence-electron chi connectivity index (χ0n) is 12.9. The Morgan fingerprint density at radius 1 is 1.00 bits per heavy atom. The smallest absolute Gasteiger partial charge is 0.240 e. The highest BCUT2D eigenvalue weighted by Gasteiger charge is 2.08. The quantitative estimate of drug-likeness (QED) is 0.612. The van der Waals surface area contributed by atoms with E-state index >= 15 is 0 Å². The third-order valence-electron chi connectivity index (χ3n) is 3.71. The summed E-state index contributed by atoms with van der Waals surface area (Å²) in [5.41, 5.74) is 6.14. The number of aliphatic imine (C=N–C) groups is 1. The zero-order valence-corrected chi connectivity index (χ0v) is 12.9. The van der Waals surface area contributed by atoms with Crippen LogP contribution >= 0.6 is 0 Å². The van der Waals surface area contributed by atoms with Gasteiger partial charge < -0.3 is 4.74 Å². The lowest BCUT2D eigenvalue weighted by Crippen LogP contribution is -2.00. The molecule has 0 amide bonds. The molecule has 0 aliphatic rings. The van der Waals surface area contributed by atoms with Crippen molar-refractivity contribution in [1.29, 1.82) is 0 Å². The lowest BCUT2D eigenvalue weighted by Gasteiger charge is -2.14. The first-order valence-electron chi connectivity index (χ1n) is 6.90. The molecule has 0 N–H and O–H groups in total. The summed E-state index contributed by atoms with van der Waals surface area (Å²) in [6, 6.07) is 9.81. The largest absolute Gasteiger partial charge is 0.489 e. The fourth-order valence-corrected chi connectivity index (χ4v) is 2.27. The molecule has 0 aliphatic carbocycles. The lowest BCUT2D eigenvalue weighted by molar-refractivity contribution is 0.303. The molecule has 0 aromatic heterocycles. The van der Waals surface area contributed by atoms with E-state index in [1.807, 2.05) is 32.0 Å². The average Bonchev–Trinajstić information content (AvgIpc) is 2.44. The Morgan fingerprint density at radius 3 is 2.43 bits per heavy atom. The van der Waals surface area contributed by atoms with Crippen LogP contribution in [0, 0.1) is 27.7 Å². The minimum Gasteiger partial charge on any atom is -0.489 e. The summed E-state index contributed by atoms with van der Waals surface area (Å²) in [7, 11) is 0. The Balaban J connectivity index is 2.28. The normalized spacial score (nSPS) is 10.1. The molecule has 2 rings (SSSR count). The summed E-state index contributed by atoms with van der Waals surface area (Å²) in [6.07, 6.45) is 1.60. The zero-order chi connectivity index (χ0) is 15.4. The van der Waals surface area contributed by atoms with Gasteiger partial charge >= 0.3 is 0 Å². The summed E-state index contributed by atoms with van der Waals surface area (Å²) in [6.45, 7) is 8.55. The van der Waals surface area contributed by atoms with E-state index in [2.05, 4.69) is 24.9 Å². The minimum absolute atomic E-state index is 0.385. The van der Waals surface area contributed by atoms with Crippen LogP contribution in [-0.2, 0) is 11.4 Å². The monoisotopic (exact) mass is 281 g/mol. The van der Waals surface area contributed by atoms with Crippen LogP contribution in [0.3, 0.4) is 0 Å². The van der Waals surface area contributed by atoms with E-state index in [1.54, 1.807) is 12.1 Å². The first-order chi connectivity index (χ1) is 10.0. The Kier molecular flexibility index (Phi) is 4.56. The Bertz CT molecular complexity index is 713. The SMILES string of the molecule is Cc1cc(C)c(OCc2c(C)cccc2N=C=O)cc1C. The van der Waals surface area contributed by atoms with Gasteiger partial charge in [-0.3, -0.25) is 0 Å². The van der Waals surface area contributed by atoms with E-state index in [-0.39, 0.29) is 0 Å². The molecule has 0 spiro atoms. The molecule has 108 valence electrons. The summed E-state index contributed by atoms with van der Waals surface area (Å²) >= 11 is 0. The highest BCUT2D eigenvalue weighted by Crippen LogP contribution is 2.27. The molecule has 2 aromatic rings. The lowest BCUT2D eigenvalue weighted by atomic mass is 10.1. The van der Waals surface area contributed by atoms with Gasteiger partial charge in [-0.15, -0.1) is 0 Å². The van der Waals surface area contributed by atoms with Crippen molar-refractivity contribution in [2.24, 2.45) is 4.99 Å². The maximum Gasteiger partial charge on any atom is 0.240 e. The molecular formula is C18H19NO2. The molecular weight excluding hydrogens is 262 g/mol. The van der Waals surface area contributed by atoms with Crippen molar-refractivity contribution >= 4 is 11.8 Å². The minimum atomic E-state index is 0.385. The van der Waals surface area contributed by atoms with Crippen molar-refractivity contribution in [3.8, 4) is 5.75 Å². The van der Waals surface area contributed by atoms with Gasteiger partial charge in [0.15, 0.2) is 0 Å². The predicted molar refractivity (Wildman–Crippen MR) is 83.9 cm³/mol. The Morgan fingerprint density at radius 2 is 1.71 bits per heavy atom. The van der Waals surface area contributed by atoms with Crippen LogP contribution in [0.1, 0.15) is 27.8 Å². The van der Waals surface area contributed by atoms with Crippen molar-refractivity contribution in [3.05, 3.63) is 58.1 Å². The second-order valence-corrected chi connectivity index (χ2v) is 5.27. The van der Waals surface area contributed by atoms with E-state index in [1.165, 1.54) is 11.1 Å². The van der Waals surface area contributed by atoms with E-state index in [0.717, 1.165) is 22.4 Å². The van der Waals surface area contributed by atoms with Crippen LogP contribution in [0.2, 0.25) is 0 Å². The van der Waals surface area contributed by atoms with E-state index in [9.17, 15) is 4.79 Å². The Hall–Kier alpha value is -2.38. The molecule has 0 saturated heterocycles. The molecule has 0 unspecified atom stereocenters. The van der Waals surface area contributed by atoms with Crippen molar-refractivity contribution in [2.45, 2.75) is 34.3 Å². The first kappa shape index (κ1) is 15.0. The average molecular weight is 281 g/mol. The van der Waals surface area contributed by atoms with Gasteiger partial charge in [-0.2, -0.15) is 4.99 Å². The topological polar surface area (TPSA) is 38.7 Å². The van der Waals surface area contributed by atoms with Crippen molar-refractivity contribution in [2.75, 3.05) is 0 Å². The second kappa shape index (κ2) is 6.38. The predicted octanol–water partition coefficient (Wildman–Crippen LogP) is 4.47. The molecule has 0 heterocycles. The summed E-state index contributed by atoms with van der Waals surface area (Å²) in [5, 5.41) is 0. The molecule has 0 atom stereocenters. The number of hydrogen-bond donors (Lipinski definition) is 0. The molecule has 0 bridgehead atoms. The van der Waals surface area contributed by atoms with Crippen LogP contribution in [0.15, 0.2) is 35.3 Å². The number of isocyanates is 1. The van der Waals surface area contributed by atoms with E-state index in [4.69, 9.17) is 4.74 Å². The molecule has 3 nitrogen and oxygen atoms in total. The van der Waals surface area contributed by atoms with Gasteiger partial charge in [0.2, 0.25) is 6.08 Å². The van der Waals surface area contributed by atoms with Crippen LogP contribution in [0.4, 0.5) is 5.69 Å². The number of rotatable bonds is 4. The van der Waals surface area contributed by atoms with Crippen LogP contribution in [0.25, 0.3) is 0 Å². The van der Waals surface area contributed by atoms with Crippen LogP contribution in [0.5, 0.6) is 5.75 Å². The highest BCUT2D eigenvalue weighted by molar-refractivity contribution is 5.56. The number of nitrogens with zero attached hydrogens (tertiary/aromatic N) is 1. The molecule has 21 heavy (non-hydrogen) atoms. The standard InChI is InChI=1S/C18H19NO2/c1-12-6-5-7-17(19-11-20)16(12)10-21-18-9-14(3)13(2)8-15(18)4/h5-9H,10H2,1-4H3. The van der Waals surface area contributed by atoms with Gasteiger partial charge in [-0.1, -0.05) is 18.2 Å². The fourth-order valence-electron chi connectivity index (χ4n) is 2.27. The number of aryl methyl sites for hydroxylation is 4. The van der Waals surface area contributed by atoms with E-state index in [0.29, 0.717) is 12.3 Å². The van der Waals surface area contributed by atoms with Gasteiger partial charge in [0, 0.05) is 5.56 Å². The molecule has 0 radical (unpaired) electrons. The number of hydrogen-bond acceptors (Lipinski definition) is 3. The van der Waals surface area contributed by atoms with Crippen LogP contribution < -0.4 is 4.74 Å². The third-order valence-corrected chi connectivity index (χ3v) is 3.71. The van der Waals surface area contributed by atoms with Crippen molar-refractivity contribution in [1.82, 2.24) is 0 Å². The van der Waals surface area contributed by atoms with Crippen molar-refractivity contribution < 1.29 is 9.53 Å². The fraction of sp³-hybridized carbons (Fsp3) is 0.278. The maximum atomic E-state index is 10.5. The molecule has 0 fully saturated rings. The second-order valence-electron chi connectivity index (χ2n) is 5.27. The third kappa shape index (κ3) is 3.39. The Labute approximate surface area is 125 Å². The van der Waals surface area contributed by atoms with Crippen LogP contribution in [-0.4, -0.2) is 6.08 Å². The molecule has 0 saturated carbocycles. The number of benzene rings is 2. The van der Waals surface area contributed by atoms with E-state index < -0.39 is 0 Å².